The van der Waals surface area contributed by atoms with Crippen LogP contribution in [-0.2, 0) is 0 Å². The van der Waals surface area contributed by atoms with Crippen molar-refractivity contribution in [3.05, 3.63) is 57.7 Å². The molecule has 1 aromatic heterocycles. The fraction of sp³-hybridized carbons (Fsp3) is 0.250. The first-order valence-electron chi connectivity index (χ1n) is 8.65. The van der Waals surface area contributed by atoms with E-state index >= 15 is 0 Å². The van der Waals surface area contributed by atoms with E-state index in [1.165, 1.54) is 6.42 Å². The highest BCUT2D eigenvalue weighted by atomic mass is 79.9. The third kappa shape index (κ3) is 2.79. The summed E-state index contributed by atoms with van der Waals surface area (Å²) in [4.78, 5) is 14.5. The molecule has 0 spiro atoms. The van der Waals surface area contributed by atoms with Gasteiger partial charge < -0.3 is 14.6 Å². The lowest BCUT2D eigenvalue weighted by atomic mass is 10.1. The van der Waals surface area contributed by atoms with Gasteiger partial charge in [0.2, 0.25) is 0 Å². The van der Waals surface area contributed by atoms with Crippen molar-refractivity contribution < 1.29 is 9.90 Å². The molecule has 6 heteroatoms. The second-order valence-electron chi connectivity index (χ2n) is 6.48. The van der Waals surface area contributed by atoms with Gasteiger partial charge in [-0.2, -0.15) is 0 Å². The molecule has 2 heterocycles. The van der Waals surface area contributed by atoms with Crippen LogP contribution in [0.1, 0.15) is 29.8 Å². The van der Waals surface area contributed by atoms with Crippen molar-refractivity contribution in [3.8, 4) is 5.69 Å². The molecule has 26 heavy (non-hydrogen) atoms. The molecular formula is C20H18BrClN2O2. The molecule has 2 aromatic carbocycles. The summed E-state index contributed by atoms with van der Waals surface area (Å²) in [6.07, 6.45) is 3.29. The van der Waals surface area contributed by atoms with Crippen LogP contribution in [0.3, 0.4) is 0 Å². The quantitative estimate of drug-likeness (QED) is 0.573. The number of carboxylic acid groups (broad SMARTS) is 1. The van der Waals surface area contributed by atoms with Gasteiger partial charge in [0.05, 0.1) is 16.2 Å². The van der Waals surface area contributed by atoms with E-state index in [9.17, 15) is 9.90 Å². The second kappa shape index (κ2) is 6.97. The topological polar surface area (TPSA) is 45.5 Å². The summed E-state index contributed by atoms with van der Waals surface area (Å²) in [5, 5.41) is 11.4. The van der Waals surface area contributed by atoms with Crippen LogP contribution < -0.4 is 4.90 Å². The molecule has 0 unspecified atom stereocenters. The van der Waals surface area contributed by atoms with Gasteiger partial charge in [0.15, 0.2) is 5.69 Å². The monoisotopic (exact) mass is 432 g/mol. The average Bonchev–Trinajstić information content (AvgIpc) is 3.02. The number of halogens is 2. The number of anilines is 1. The van der Waals surface area contributed by atoms with Crippen molar-refractivity contribution in [3.63, 3.8) is 0 Å². The summed E-state index contributed by atoms with van der Waals surface area (Å²) < 4.78 is 2.58. The molecule has 1 aliphatic heterocycles. The van der Waals surface area contributed by atoms with E-state index in [1.807, 2.05) is 42.5 Å². The van der Waals surface area contributed by atoms with Gasteiger partial charge in [0, 0.05) is 28.6 Å². The molecule has 0 amide bonds. The summed E-state index contributed by atoms with van der Waals surface area (Å²) in [5.41, 5.74) is 2.62. The van der Waals surface area contributed by atoms with Crippen molar-refractivity contribution >= 4 is 50.1 Å². The summed E-state index contributed by atoms with van der Waals surface area (Å²) in [5.74, 6) is -0.946. The van der Waals surface area contributed by atoms with Gasteiger partial charge in [-0.3, -0.25) is 0 Å². The van der Waals surface area contributed by atoms with Crippen molar-refractivity contribution in [1.82, 2.24) is 4.57 Å². The Balaban J connectivity index is 2.12. The fourth-order valence-corrected chi connectivity index (χ4v) is 4.34. The first-order valence-corrected chi connectivity index (χ1v) is 9.82. The number of fused-ring (bicyclic) bond motifs is 1. The normalized spacial score (nSPS) is 14.8. The van der Waals surface area contributed by atoms with E-state index < -0.39 is 5.97 Å². The van der Waals surface area contributed by atoms with Crippen LogP contribution in [0.5, 0.6) is 0 Å². The SMILES string of the molecule is O=C(O)c1c(N2CCCCC2)c2c(Cl)c(Br)ccc2n1-c1ccccc1. The second-order valence-corrected chi connectivity index (χ2v) is 7.71. The molecule has 0 aliphatic carbocycles. The highest BCUT2D eigenvalue weighted by Gasteiger charge is 2.29. The lowest BCUT2D eigenvalue weighted by Gasteiger charge is -2.29. The highest BCUT2D eigenvalue weighted by Crippen LogP contribution is 2.43. The number of piperidine rings is 1. The Bertz CT molecular complexity index is 979. The van der Waals surface area contributed by atoms with Crippen LogP contribution in [0.25, 0.3) is 16.6 Å². The van der Waals surface area contributed by atoms with E-state index in [4.69, 9.17) is 11.6 Å². The molecule has 1 saturated heterocycles. The van der Waals surface area contributed by atoms with Gasteiger partial charge in [-0.1, -0.05) is 29.8 Å². The van der Waals surface area contributed by atoms with Gasteiger partial charge in [0.1, 0.15) is 0 Å². The summed E-state index contributed by atoms with van der Waals surface area (Å²) >= 11 is 10.1. The van der Waals surface area contributed by atoms with Crippen LogP contribution in [-0.4, -0.2) is 28.7 Å². The zero-order valence-electron chi connectivity index (χ0n) is 14.1. The number of rotatable bonds is 3. The minimum absolute atomic E-state index is 0.271. The van der Waals surface area contributed by atoms with E-state index in [0.29, 0.717) is 5.02 Å². The third-order valence-electron chi connectivity index (χ3n) is 4.89. The molecule has 134 valence electrons. The van der Waals surface area contributed by atoms with Crippen molar-refractivity contribution in [1.29, 1.82) is 0 Å². The van der Waals surface area contributed by atoms with Gasteiger partial charge in [-0.05, 0) is 59.5 Å². The molecular weight excluding hydrogens is 416 g/mol. The molecule has 0 saturated carbocycles. The maximum atomic E-state index is 12.3. The van der Waals surface area contributed by atoms with Gasteiger partial charge in [-0.15, -0.1) is 0 Å². The van der Waals surface area contributed by atoms with Crippen molar-refractivity contribution in [2.75, 3.05) is 18.0 Å². The molecule has 0 radical (unpaired) electrons. The minimum Gasteiger partial charge on any atom is -0.476 e. The Morgan fingerprint density at radius 2 is 1.73 bits per heavy atom. The zero-order valence-corrected chi connectivity index (χ0v) is 16.4. The largest absolute Gasteiger partial charge is 0.476 e. The van der Waals surface area contributed by atoms with Crippen LogP contribution in [0, 0.1) is 0 Å². The molecule has 4 nitrogen and oxygen atoms in total. The predicted octanol–water partition coefficient (Wildman–Crippen LogP) is 5.73. The summed E-state index contributed by atoms with van der Waals surface area (Å²) in [6, 6.07) is 13.4. The third-order valence-corrected chi connectivity index (χ3v) is 6.17. The van der Waals surface area contributed by atoms with Crippen LogP contribution in [0.15, 0.2) is 46.9 Å². The number of aromatic carboxylic acids is 1. The zero-order chi connectivity index (χ0) is 18.3. The number of hydrogen-bond acceptors (Lipinski definition) is 2. The van der Waals surface area contributed by atoms with Crippen LogP contribution >= 0.6 is 27.5 Å². The number of carbonyl (C=O) groups is 1. The number of nitrogens with zero attached hydrogens (tertiary/aromatic N) is 2. The van der Waals surface area contributed by atoms with Gasteiger partial charge >= 0.3 is 5.97 Å². The highest BCUT2D eigenvalue weighted by molar-refractivity contribution is 9.10. The molecule has 1 aliphatic rings. The van der Waals surface area contributed by atoms with E-state index in [-0.39, 0.29) is 5.69 Å². The fourth-order valence-electron chi connectivity index (χ4n) is 3.76. The van der Waals surface area contributed by atoms with Crippen LogP contribution in [0.4, 0.5) is 5.69 Å². The van der Waals surface area contributed by atoms with E-state index in [1.54, 1.807) is 4.57 Å². The summed E-state index contributed by atoms with van der Waals surface area (Å²) in [6.45, 7) is 1.69. The Kier molecular flexibility index (Phi) is 4.67. The molecule has 1 fully saturated rings. The number of benzene rings is 2. The Hall–Kier alpha value is -1.98. The van der Waals surface area contributed by atoms with Crippen molar-refractivity contribution in [2.24, 2.45) is 0 Å². The first-order chi connectivity index (χ1) is 12.6. The van der Waals surface area contributed by atoms with Crippen LogP contribution in [0.2, 0.25) is 5.02 Å². The lowest BCUT2D eigenvalue weighted by Crippen LogP contribution is -2.30. The maximum Gasteiger partial charge on any atom is 0.355 e. The number of aromatic nitrogens is 1. The molecule has 3 aromatic rings. The Morgan fingerprint density at radius 3 is 2.38 bits per heavy atom. The predicted molar refractivity (Wildman–Crippen MR) is 109 cm³/mol. The van der Waals surface area contributed by atoms with E-state index in [0.717, 1.165) is 52.7 Å². The maximum absolute atomic E-state index is 12.3. The minimum atomic E-state index is -0.946. The van der Waals surface area contributed by atoms with E-state index in [2.05, 4.69) is 20.8 Å². The summed E-state index contributed by atoms with van der Waals surface area (Å²) in [7, 11) is 0. The van der Waals surface area contributed by atoms with Gasteiger partial charge in [0.25, 0.3) is 0 Å². The molecule has 0 atom stereocenters. The lowest BCUT2D eigenvalue weighted by molar-refractivity contribution is 0.0689. The smallest absolute Gasteiger partial charge is 0.355 e. The van der Waals surface area contributed by atoms with Crippen molar-refractivity contribution in [2.45, 2.75) is 19.3 Å². The molecule has 0 bridgehead atoms. The average molecular weight is 434 g/mol. The molecule has 1 N–H and O–H groups in total. The number of hydrogen-bond donors (Lipinski definition) is 1. The van der Waals surface area contributed by atoms with Gasteiger partial charge in [-0.25, -0.2) is 4.79 Å². The Morgan fingerprint density at radius 1 is 1.04 bits per heavy atom. The number of para-hydroxylation sites is 1. The number of carboxylic acids is 1. The molecule has 4 rings (SSSR count). The first kappa shape index (κ1) is 17.4. The Labute approximate surface area is 165 Å². The standard InChI is InChI=1S/C20H18BrClN2O2/c21-14-9-10-15-16(17(14)22)18(23-11-5-2-6-12-23)19(20(25)26)24(15)13-7-3-1-4-8-13/h1,3-4,7-10H,2,5-6,11-12H2,(H,25,26).